The van der Waals surface area contributed by atoms with Crippen LogP contribution in [0.4, 0.5) is 4.39 Å². The van der Waals surface area contributed by atoms with Gasteiger partial charge in [0.05, 0.1) is 11.6 Å². The number of amides is 2. The van der Waals surface area contributed by atoms with Gasteiger partial charge in [0.15, 0.2) is 0 Å². The zero-order valence-electron chi connectivity index (χ0n) is 21.0. The van der Waals surface area contributed by atoms with Crippen molar-refractivity contribution in [3.63, 3.8) is 0 Å². The number of nitrogens with one attached hydrogen (secondary N) is 1. The van der Waals surface area contributed by atoms with Gasteiger partial charge in [0.1, 0.15) is 23.9 Å². The number of para-hydroxylation sites is 1. The fourth-order valence-electron chi connectivity index (χ4n) is 4.78. The molecule has 4 aromatic rings. The van der Waals surface area contributed by atoms with Gasteiger partial charge in [-0.05, 0) is 54.7 Å². The summed E-state index contributed by atoms with van der Waals surface area (Å²) in [7, 11) is 0. The highest BCUT2D eigenvalue weighted by molar-refractivity contribution is 5.89. The van der Waals surface area contributed by atoms with Crippen molar-refractivity contribution < 1.29 is 18.7 Å². The van der Waals surface area contributed by atoms with Crippen LogP contribution in [0.3, 0.4) is 0 Å². The minimum Gasteiger partial charge on any atom is -0.376 e. The Labute approximate surface area is 220 Å². The highest BCUT2D eigenvalue weighted by Crippen LogP contribution is 2.24. The Morgan fingerprint density at radius 3 is 2.58 bits per heavy atom. The molecule has 1 aliphatic heterocycles. The van der Waals surface area contributed by atoms with E-state index in [1.807, 2.05) is 54.6 Å². The van der Waals surface area contributed by atoms with E-state index >= 15 is 0 Å². The molecule has 0 spiro atoms. The van der Waals surface area contributed by atoms with Gasteiger partial charge in [-0.1, -0.05) is 59.8 Å². The van der Waals surface area contributed by atoms with Crippen LogP contribution in [-0.4, -0.2) is 57.5 Å². The number of carbonyl (C=O) groups excluding carboxylic acids is 2. The lowest BCUT2D eigenvalue weighted by Gasteiger charge is -2.32. The average molecular weight is 516 g/mol. The van der Waals surface area contributed by atoms with E-state index < -0.39 is 11.9 Å². The van der Waals surface area contributed by atoms with Crippen molar-refractivity contribution in [3.8, 4) is 0 Å². The van der Waals surface area contributed by atoms with E-state index in [9.17, 15) is 14.0 Å². The molecule has 1 fully saturated rings. The van der Waals surface area contributed by atoms with Crippen molar-refractivity contribution in [2.45, 2.75) is 38.0 Å². The third-order valence-corrected chi connectivity index (χ3v) is 6.78. The monoisotopic (exact) mass is 515 g/mol. The summed E-state index contributed by atoms with van der Waals surface area (Å²) < 4.78 is 21.0. The topological polar surface area (TPSA) is 89.4 Å². The maximum atomic E-state index is 13.9. The molecule has 0 radical (unpaired) electrons. The number of hydrogen-bond acceptors (Lipinski definition) is 5. The number of halogens is 1. The van der Waals surface area contributed by atoms with Crippen LogP contribution in [-0.2, 0) is 27.3 Å². The smallest absolute Gasteiger partial charge is 0.247 e. The van der Waals surface area contributed by atoms with Crippen molar-refractivity contribution in [2.75, 3.05) is 19.7 Å². The molecule has 9 heteroatoms. The van der Waals surface area contributed by atoms with Crippen LogP contribution >= 0.6 is 0 Å². The van der Waals surface area contributed by atoms with E-state index in [1.165, 1.54) is 12.1 Å². The predicted molar refractivity (Wildman–Crippen MR) is 141 cm³/mol. The molecule has 0 aliphatic carbocycles. The first-order chi connectivity index (χ1) is 18.6. The molecule has 0 unspecified atom stereocenters. The molecule has 8 nitrogen and oxygen atoms in total. The van der Waals surface area contributed by atoms with Crippen LogP contribution < -0.4 is 5.32 Å². The van der Waals surface area contributed by atoms with Gasteiger partial charge < -0.3 is 15.0 Å². The molecule has 2 atom stereocenters. The van der Waals surface area contributed by atoms with Crippen LogP contribution in [0.5, 0.6) is 0 Å². The molecule has 1 aromatic heterocycles. The van der Waals surface area contributed by atoms with E-state index in [-0.39, 0.29) is 31.0 Å². The molecule has 5 rings (SSSR count). The first-order valence-electron chi connectivity index (χ1n) is 12.8. The maximum Gasteiger partial charge on any atom is 0.247 e. The first kappa shape index (κ1) is 25.5. The van der Waals surface area contributed by atoms with Crippen molar-refractivity contribution in [2.24, 2.45) is 0 Å². The molecule has 196 valence electrons. The summed E-state index contributed by atoms with van der Waals surface area (Å²) in [5.74, 6) is -1.04. The first-order valence-corrected chi connectivity index (χ1v) is 12.8. The normalized spacial score (nSPS) is 15.9. The average Bonchev–Trinajstić information content (AvgIpc) is 3.61. The van der Waals surface area contributed by atoms with Crippen molar-refractivity contribution in [1.82, 2.24) is 25.2 Å². The second-order valence-electron chi connectivity index (χ2n) is 9.39. The van der Waals surface area contributed by atoms with Gasteiger partial charge in [-0.2, -0.15) is 0 Å². The summed E-state index contributed by atoms with van der Waals surface area (Å²) in [6.45, 7) is 1.22. The number of benzene rings is 3. The van der Waals surface area contributed by atoms with Gasteiger partial charge in [-0.15, -0.1) is 5.10 Å². The zero-order chi connectivity index (χ0) is 26.3. The van der Waals surface area contributed by atoms with Crippen molar-refractivity contribution in [1.29, 1.82) is 0 Å². The number of carbonyl (C=O) groups is 2. The van der Waals surface area contributed by atoms with Crippen LogP contribution in [0.1, 0.15) is 30.0 Å². The second kappa shape index (κ2) is 12.0. The Morgan fingerprint density at radius 2 is 1.82 bits per heavy atom. The van der Waals surface area contributed by atoms with Gasteiger partial charge in [-0.25, -0.2) is 9.07 Å². The van der Waals surface area contributed by atoms with Crippen LogP contribution in [0.15, 0.2) is 78.9 Å². The summed E-state index contributed by atoms with van der Waals surface area (Å²) in [6.07, 6.45) is 2.32. The van der Waals surface area contributed by atoms with Crippen LogP contribution in [0, 0.1) is 5.82 Å². The Hall–Kier alpha value is -4.11. The lowest BCUT2D eigenvalue weighted by Crippen LogP contribution is -2.47. The van der Waals surface area contributed by atoms with Gasteiger partial charge in [0, 0.05) is 19.7 Å². The summed E-state index contributed by atoms with van der Waals surface area (Å²) in [5.41, 5.74) is 2.97. The standard InChI is InChI=1S/C29H30FN5O3/c30-23-14-12-22(13-15-23)28(29(37)31-19-24-9-6-18-38-24)34(17-16-21-7-2-1-3-8-21)27(36)20-35-26-11-5-4-10-25(26)32-33-35/h1-5,7-8,10-15,24,28H,6,9,16-20H2,(H,31,37)/t24-,28+/m1/s1. The third kappa shape index (κ3) is 6.06. The summed E-state index contributed by atoms with van der Waals surface area (Å²) in [5, 5.41) is 11.3. The number of aromatic nitrogens is 3. The van der Waals surface area contributed by atoms with Gasteiger partial charge in [0.25, 0.3) is 0 Å². The highest BCUT2D eigenvalue weighted by Gasteiger charge is 2.32. The number of fused-ring (bicyclic) bond motifs is 1. The second-order valence-corrected chi connectivity index (χ2v) is 9.39. The quantitative estimate of drug-likeness (QED) is 0.348. The minimum atomic E-state index is -0.956. The minimum absolute atomic E-state index is 0.0530. The predicted octanol–water partition coefficient (Wildman–Crippen LogP) is 3.68. The van der Waals surface area contributed by atoms with Gasteiger partial charge in [-0.3, -0.25) is 9.59 Å². The van der Waals surface area contributed by atoms with E-state index in [2.05, 4.69) is 15.6 Å². The lowest BCUT2D eigenvalue weighted by molar-refractivity contribution is -0.141. The Bertz CT molecular complexity index is 1370. The number of rotatable bonds is 10. The van der Waals surface area contributed by atoms with Crippen LogP contribution in [0.25, 0.3) is 11.0 Å². The molecular formula is C29H30FN5O3. The molecule has 0 saturated carbocycles. The number of ether oxygens (including phenoxy) is 1. The fourth-order valence-corrected chi connectivity index (χ4v) is 4.78. The van der Waals surface area contributed by atoms with E-state index in [0.29, 0.717) is 30.7 Å². The third-order valence-electron chi connectivity index (χ3n) is 6.78. The van der Waals surface area contributed by atoms with E-state index in [4.69, 9.17) is 4.74 Å². The molecule has 38 heavy (non-hydrogen) atoms. The summed E-state index contributed by atoms with van der Waals surface area (Å²) in [4.78, 5) is 29.1. The molecule has 1 saturated heterocycles. The Balaban J connectivity index is 1.45. The SMILES string of the molecule is O=C(NC[C@H]1CCCO1)[C@H](c1ccc(F)cc1)N(CCc1ccccc1)C(=O)Cn1nnc2ccccc21. The fraction of sp³-hybridized carbons (Fsp3) is 0.310. The molecule has 2 amide bonds. The van der Waals surface area contributed by atoms with E-state index in [0.717, 1.165) is 23.9 Å². The van der Waals surface area contributed by atoms with E-state index in [1.54, 1.807) is 21.7 Å². The zero-order valence-corrected chi connectivity index (χ0v) is 21.0. The van der Waals surface area contributed by atoms with Crippen molar-refractivity contribution >= 4 is 22.8 Å². The molecule has 1 N–H and O–H groups in total. The van der Waals surface area contributed by atoms with Gasteiger partial charge in [0.2, 0.25) is 11.8 Å². The molecule has 0 bridgehead atoms. The molecule has 3 aromatic carbocycles. The Morgan fingerprint density at radius 1 is 1.05 bits per heavy atom. The molecular weight excluding hydrogens is 485 g/mol. The van der Waals surface area contributed by atoms with Gasteiger partial charge >= 0.3 is 0 Å². The Kier molecular flexibility index (Phi) is 8.04. The molecule has 2 heterocycles. The lowest BCUT2D eigenvalue weighted by atomic mass is 10.0. The van der Waals surface area contributed by atoms with Crippen molar-refractivity contribution in [3.05, 3.63) is 95.8 Å². The maximum absolute atomic E-state index is 13.9. The number of nitrogens with zero attached hydrogens (tertiary/aromatic N) is 4. The number of hydrogen-bond donors (Lipinski definition) is 1. The molecule has 1 aliphatic rings. The van der Waals surface area contributed by atoms with Crippen LogP contribution in [0.2, 0.25) is 0 Å². The summed E-state index contributed by atoms with van der Waals surface area (Å²) in [6, 6.07) is 21.9. The largest absolute Gasteiger partial charge is 0.376 e. The highest BCUT2D eigenvalue weighted by atomic mass is 19.1. The summed E-state index contributed by atoms with van der Waals surface area (Å²) >= 11 is 0.